The average molecular weight is 291 g/mol. The lowest BCUT2D eigenvalue weighted by Gasteiger charge is -2.15. The highest BCUT2D eigenvalue weighted by Gasteiger charge is 2.24. The Morgan fingerprint density at radius 2 is 2.00 bits per heavy atom. The van der Waals surface area contributed by atoms with Gasteiger partial charge in [0.25, 0.3) is 0 Å². The zero-order chi connectivity index (χ0) is 14.1. The van der Waals surface area contributed by atoms with Gasteiger partial charge in [0.05, 0.1) is 5.70 Å². The molecule has 0 saturated carbocycles. The van der Waals surface area contributed by atoms with Gasteiger partial charge in [-0.3, -0.25) is 0 Å². The molecule has 0 fully saturated rings. The van der Waals surface area contributed by atoms with Crippen molar-refractivity contribution in [2.75, 3.05) is 0 Å². The lowest BCUT2D eigenvalue weighted by molar-refractivity contribution is 0.580. The third-order valence-electron chi connectivity index (χ3n) is 3.58. The summed E-state index contributed by atoms with van der Waals surface area (Å²) in [5.41, 5.74) is 2.51. The molecule has 1 N–H and O–H groups in total. The normalized spacial score (nSPS) is 21.3. The molecule has 20 heavy (non-hydrogen) atoms. The molecule has 1 aromatic carbocycles. The van der Waals surface area contributed by atoms with E-state index < -0.39 is 11.6 Å². The topological polar surface area (TPSA) is 26.1 Å². The summed E-state index contributed by atoms with van der Waals surface area (Å²) in [5, 5.41) is 7.57. The summed E-state index contributed by atoms with van der Waals surface area (Å²) in [6.07, 6.45) is 6.47. The van der Waals surface area contributed by atoms with Gasteiger partial charge in [-0.25, -0.2) is 14.1 Å². The van der Waals surface area contributed by atoms with Crippen molar-refractivity contribution in [2.45, 2.75) is 19.3 Å². The molecule has 1 aromatic rings. The van der Waals surface area contributed by atoms with Gasteiger partial charge in [0.15, 0.2) is 5.11 Å². The van der Waals surface area contributed by atoms with Crippen LogP contribution in [0.5, 0.6) is 0 Å². The van der Waals surface area contributed by atoms with Crippen LogP contribution >= 0.6 is 12.2 Å². The monoisotopic (exact) mass is 291 g/mol. The first kappa shape index (κ1) is 13.2. The maximum absolute atomic E-state index is 13.3. The van der Waals surface area contributed by atoms with E-state index in [2.05, 4.69) is 16.7 Å². The van der Waals surface area contributed by atoms with Gasteiger partial charge in [0, 0.05) is 12.3 Å². The highest BCUT2D eigenvalue weighted by Crippen LogP contribution is 2.38. The maximum atomic E-state index is 13.3. The number of nitrogens with one attached hydrogen (secondary N) is 1. The van der Waals surface area contributed by atoms with Crippen LogP contribution in [-0.2, 0) is 0 Å². The molecule has 1 aliphatic carbocycles. The Hall–Kier alpha value is -1.75. The van der Waals surface area contributed by atoms with Crippen LogP contribution in [0.25, 0.3) is 5.57 Å². The first-order valence-electron chi connectivity index (χ1n) is 6.49. The molecular weight excluding hydrogens is 278 g/mol. The molecule has 0 saturated heterocycles. The van der Waals surface area contributed by atoms with Gasteiger partial charge in [-0.1, -0.05) is 6.08 Å². The molecule has 1 atom stereocenters. The fourth-order valence-corrected chi connectivity index (χ4v) is 2.92. The second kappa shape index (κ2) is 5.32. The minimum absolute atomic E-state index is 0.230. The molecule has 0 bridgehead atoms. The largest absolute Gasteiger partial charge is 0.336 e. The minimum atomic E-state index is -0.542. The average Bonchev–Trinajstić information content (AvgIpc) is 2.98. The molecule has 2 aliphatic rings. The van der Waals surface area contributed by atoms with E-state index in [-0.39, 0.29) is 5.92 Å². The number of benzene rings is 1. The van der Waals surface area contributed by atoms with Crippen molar-refractivity contribution in [3.8, 4) is 0 Å². The van der Waals surface area contributed by atoms with E-state index in [0.29, 0.717) is 10.7 Å². The second-order valence-electron chi connectivity index (χ2n) is 4.99. The quantitative estimate of drug-likeness (QED) is 0.863. The van der Waals surface area contributed by atoms with E-state index in [1.165, 1.54) is 12.1 Å². The van der Waals surface area contributed by atoms with E-state index in [4.69, 9.17) is 12.2 Å². The van der Waals surface area contributed by atoms with Crippen LogP contribution in [0.1, 0.15) is 24.8 Å². The number of nitrogens with zero attached hydrogens (tertiary/aromatic N) is 1. The zero-order valence-corrected chi connectivity index (χ0v) is 11.5. The number of rotatable bonds is 3. The first-order chi connectivity index (χ1) is 9.61. The third kappa shape index (κ3) is 2.72. The van der Waals surface area contributed by atoms with Crippen molar-refractivity contribution in [1.82, 2.24) is 10.6 Å². The van der Waals surface area contributed by atoms with Gasteiger partial charge in [-0.05, 0) is 60.7 Å². The van der Waals surface area contributed by atoms with Crippen molar-refractivity contribution >= 4 is 22.9 Å². The van der Waals surface area contributed by atoms with Crippen LogP contribution in [0, 0.1) is 17.6 Å². The summed E-state index contributed by atoms with van der Waals surface area (Å²) >= 11 is 4.95. The summed E-state index contributed by atoms with van der Waals surface area (Å²) in [4.78, 5) is 0. The Balaban J connectivity index is 1.80. The van der Waals surface area contributed by atoms with E-state index >= 15 is 0 Å². The van der Waals surface area contributed by atoms with Crippen molar-refractivity contribution in [3.63, 3.8) is 0 Å². The van der Waals surface area contributed by atoms with E-state index in [9.17, 15) is 8.78 Å². The van der Waals surface area contributed by atoms with E-state index in [0.717, 1.165) is 36.6 Å². The van der Waals surface area contributed by atoms with Gasteiger partial charge < -0.3 is 5.32 Å². The van der Waals surface area contributed by atoms with E-state index in [1.807, 2.05) is 0 Å². The highest BCUT2D eigenvalue weighted by molar-refractivity contribution is 7.80. The Kier molecular flexibility index (Phi) is 3.53. The Labute approximate surface area is 121 Å². The standard InChI is InChI=1S/C15H13F2N2S/c16-11-4-10(5-12(17)7-11)14-3-1-2-9(14)6-13-8-18-15(20)19-13/h3-5,7-9H,1-2,6H2,(H,18,20)/t9-/m1/s1. The van der Waals surface area contributed by atoms with Crippen molar-refractivity contribution in [2.24, 2.45) is 5.92 Å². The maximum Gasteiger partial charge on any atom is 0.197 e. The number of thiocarbonyl (C=S) groups is 1. The van der Waals surface area contributed by atoms with Crippen molar-refractivity contribution < 1.29 is 8.78 Å². The summed E-state index contributed by atoms with van der Waals surface area (Å²) in [6.45, 7) is 0. The van der Waals surface area contributed by atoms with Crippen LogP contribution in [0.4, 0.5) is 8.78 Å². The summed E-state index contributed by atoms with van der Waals surface area (Å²) in [5.74, 6) is -0.854. The molecule has 103 valence electrons. The zero-order valence-electron chi connectivity index (χ0n) is 10.7. The molecule has 1 heterocycles. The minimum Gasteiger partial charge on any atom is -0.336 e. The summed E-state index contributed by atoms with van der Waals surface area (Å²) in [7, 11) is 0. The molecule has 2 nitrogen and oxygen atoms in total. The summed E-state index contributed by atoms with van der Waals surface area (Å²) < 4.78 is 26.7. The fraction of sp³-hybridized carbons (Fsp3) is 0.267. The van der Waals surface area contributed by atoms with Gasteiger partial charge in [0.2, 0.25) is 0 Å². The highest BCUT2D eigenvalue weighted by atomic mass is 32.1. The number of allylic oxidation sites excluding steroid dienone is 3. The van der Waals surface area contributed by atoms with Crippen LogP contribution in [0.15, 0.2) is 36.2 Å². The third-order valence-corrected chi connectivity index (χ3v) is 3.79. The first-order valence-corrected chi connectivity index (χ1v) is 6.90. The fourth-order valence-electron chi connectivity index (χ4n) is 2.75. The SMILES string of the molecule is Fc1cc(F)cc(C2=CCC[C@@H]2CC2=CNC(=S)[N]2)c1. The summed E-state index contributed by atoms with van der Waals surface area (Å²) in [6, 6.07) is 3.66. The van der Waals surface area contributed by atoms with Crippen LogP contribution < -0.4 is 10.6 Å². The smallest absolute Gasteiger partial charge is 0.197 e. The Morgan fingerprint density at radius 1 is 1.25 bits per heavy atom. The van der Waals surface area contributed by atoms with Gasteiger partial charge in [-0.2, -0.15) is 0 Å². The van der Waals surface area contributed by atoms with E-state index in [1.54, 1.807) is 6.20 Å². The molecule has 5 heteroatoms. The number of halogens is 2. The lowest BCUT2D eigenvalue weighted by Crippen LogP contribution is -2.16. The number of hydrogen-bond acceptors (Lipinski definition) is 1. The molecule has 1 aliphatic heterocycles. The number of hydrogen-bond donors (Lipinski definition) is 1. The second-order valence-corrected chi connectivity index (χ2v) is 5.38. The molecule has 0 spiro atoms. The molecule has 0 amide bonds. The van der Waals surface area contributed by atoms with Crippen LogP contribution in [0.2, 0.25) is 0 Å². The molecule has 0 aromatic heterocycles. The van der Waals surface area contributed by atoms with Crippen molar-refractivity contribution in [1.29, 1.82) is 0 Å². The Morgan fingerprint density at radius 3 is 2.65 bits per heavy atom. The van der Waals surface area contributed by atoms with Gasteiger partial charge >= 0.3 is 0 Å². The lowest BCUT2D eigenvalue weighted by atomic mass is 9.91. The molecule has 3 rings (SSSR count). The van der Waals surface area contributed by atoms with Gasteiger partial charge in [-0.15, -0.1) is 0 Å². The van der Waals surface area contributed by atoms with Gasteiger partial charge in [0.1, 0.15) is 11.6 Å². The molecule has 1 radical (unpaired) electrons. The molecular formula is C15H13F2N2S. The van der Waals surface area contributed by atoms with Crippen molar-refractivity contribution in [3.05, 3.63) is 53.4 Å². The van der Waals surface area contributed by atoms with Crippen LogP contribution in [-0.4, -0.2) is 5.11 Å². The predicted octanol–water partition coefficient (Wildman–Crippen LogP) is 3.48. The molecule has 0 unspecified atom stereocenters. The predicted molar refractivity (Wildman–Crippen MR) is 77.6 cm³/mol. The Bertz CT molecular complexity index is 602. The van der Waals surface area contributed by atoms with Crippen LogP contribution in [0.3, 0.4) is 0 Å².